The minimum Gasteiger partial charge on any atom is -0.382 e. The van der Waals surface area contributed by atoms with Crippen LogP contribution >= 0.6 is 11.6 Å². The first-order valence-electron chi connectivity index (χ1n) is 7.06. The van der Waals surface area contributed by atoms with Gasteiger partial charge in [-0.15, -0.1) is 0 Å². The number of benzene rings is 1. The van der Waals surface area contributed by atoms with E-state index in [9.17, 15) is 0 Å². The lowest BCUT2D eigenvalue weighted by molar-refractivity contribution is 0.310. The van der Waals surface area contributed by atoms with Gasteiger partial charge in [0, 0.05) is 11.7 Å². The Morgan fingerprint density at radius 2 is 2.29 bits per heavy atom. The van der Waals surface area contributed by atoms with Gasteiger partial charge < -0.3 is 5.32 Å². The minimum absolute atomic E-state index is 0.386. The van der Waals surface area contributed by atoms with Gasteiger partial charge in [0.05, 0.1) is 16.6 Å². The Kier molecular flexibility index (Phi) is 4.07. The van der Waals surface area contributed by atoms with Crippen molar-refractivity contribution in [3.63, 3.8) is 0 Å². The molecule has 0 saturated heterocycles. The molecule has 0 spiro atoms. The molecular weight excluding hydrogens is 286 g/mol. The van der Waals surface area contributed by atoms with Gasteiger partial charge >= 0.3 is 0 Å². The van der Waals surface area contributed by atoms with E-state index in [-0.39, 0.29) is 0 Å². The monoisotopic (exact) mass is 301 g/mol. The second-order valence-corrected chi connectivity index (χ2v) is 5.75. The van der Waals surface area contributed by atoms with Gasteiger partial charge in [-0.05, 0) is 43.9 Å². The van der Waals surface area contributed by atoms with Crippen LogP contribution in [0.4, 0.5) is 5.69 Å². The van der Waals surface area contributed by atoms with Crippen molar-refractivity contribution in [1.29, 1.82) is 5.26 Å². The lowest BCUT2D eigenvalue weighted by Gasteiger charge is -2.30. The van der Waals surface area contributed by atoms with E-state index in [1.807, 2.05) is 16.8 Å². The molecule has 5 nitrogen and oxygen atoms in total. The van der Waals surface area contributed by atoms with E-state index in [0.717, 1.165) is 31.4 Å². The third-order valence-corrected chi connectivity index (χ3v) is 4.23. The summed E-state index contributed by atoms with van der Waals surface area (Å²) < 4.78 is 1.94. The maximum atomic E-state index is 8.90. The van der Waals surface area contributed by atoms with Crippen LogP contribution in [0.3, 0.4) is 0 Å². The smallest absolute Gasteiger partial charge is 0.137 e. The Morgan fingerprint density at radius 1 is 1.38 bits per heavy atom. The van der Waals surface area contributed by atoms with Crippen molar-refractivity contribution in [2.45, 2.75) is 37.8 Å². The molecule has 1 aromatic heterocycles. The van der Waals surface area contributed by atoms with Crippen LogP contribution in [0.5, 0.6) is 0 Å². The van der Waals surface area contributed by atoms with Crippen molar-refractivity contribution in [3.05, 3.63) is 41.4 Å². The third kappa shape index (κ3) is 3.17. The van der Waals surface area contributed by atoms with Crippen LogP contribution in [-0.4, -0.2) is 20.8 Å². The molecule has 2 aromatic rings. The maximum absolute atomic E-state index is 8.90. The van der Waals surface area contributed by atoms with Gasteiger partial charge in [-0.1, -0.05) is 11.6 Å². The number of halogens is 1. The SMILES string of the molecule is N#Cc1ccc(NC2CCCC(n3cncn3)C2)cc1Cl. The molecule has 0 radical (unpaired) electrons. The van der Waals surface area contributed by atoms with Crippen molar-refractivity contribution in [2.75, 3.05) is 5.32 Å². The average molecular weight is 302 g/mol. The fourth-order valence-electron chi connectivity index (χ4n) is 2.87. The quantitative estimate of drug-likeness (QED) is 0.943. The van der Waals surface area contributed by atoms with Crippen LogP contribution in [-0.2, 0) is 0 Å². The van der Waals surface area contributed by atoms with Gasteiger partial charge in [0.15, 0.2) is 0 Å². The third-order valence-electron chi connectivity index (χ3n) is 3.92. The number of rotatable bonds is 3. The van der Waals surface area contributed by atoms with Gasteiger partial charge in [-0.25, -0.2) is 9.67 Å². The van der Waals surface area contributed by atoms with Crippen molar-refractivity contribution < 1.29 is 0 Å². The second-order valence-electron chi connectivity index (χ2n) is 5.34. The fourth-order valence-corrected chi connectivity index (χ4v) is 3.10. The second kappa shape index (κ2) is 6.15. The Morgan fingerprint density at radius 3 is 3.00 bits per heavy atom. The largest absolute Gasteiger partial charge is 0.382 e. The predicted octanol–water partition coefficient (Wildman–Crippen LogP) is 3.40. The predicted molar refractivity (Wildman–Crippen MR) is 81.1 cm³/mol. The first kappa shape index (κ1) is 13.9. The van der Waals surface area contributed by atoms with Crippen LogP contribution < -0.4 is 5.32 Å². The van der Waals surface area contributed by atoms with Gasteiger partial charge in [0.2, 0.25) is 0 Å². The molecule has 21 heavy (non-hydrogen) atoms. The van der Waals surface area contributed by atoms with Crippen LogP contribution in [0.2, 0.25) is 5.02 Å². The van der Waals surface area contributed by atoms with E-state index in [1.165, 1.54) is 0 Å². The van der Waals surface area contributed by atoms with Gasteiger partial charge in [-0.3, -0.25) is 0 Å². The Labute approximate surface area is 128 Å². The first-order chi connectivity index (χ1) is 10.3. The van der Waals surface area contributed by atoms with E-state index < -0.39 is 0 Å². The normalized spacial score (nSPS) is 21.7. The van der Waals surface area contributed by atoms with Crippen molar-refractivity contribution in [1.82, 2.24) is 14.8 Å². The van der Waals surface area contributed by atoms with E-state index >= 15 is 0 Å². The molecule has 2 atom stereocenters. The van der Waals surface area contributed by atoms with E-state index in [2.05, 4.69) is 21.5 Å². The molecule has 1 aliphatic rings. The molecule has 1 N–H and O–H groups in total. The molecule has 0 aliphatic heterocycles. The van der Waals surface area contributed by atoms with Crippen LogP contribution in [0, 0.1) is 11.3 Å². The lowest BCUT2D eigenvalue weighted by Crippen LogP contribution is -2.29. The number of hydrogen-bond acceptors (Lipinski definition) is 4. The number of hydrogen-bond donors (Lipinski definition) is 1. The van der Waals surface area contributed by atoms with Crippen LogP contribution in [0.15, 0.2) is 30.9 Å². The highest BCUT2D eigenvalue weighted by Crippen LogP contribution is 2.30. The molecule has 1 fully saturated rings. The highest BCUT2D eigenvalue weighted by atomic mass is 35.5. The van der Waals surface area contributed by atoms with Gasteiger partial charge in [0.1, 0.15) is 18.7 Å². The summed E-state index contributed by atoms with van der Waals surface area (Å²) >= 11 is 6.07. The molecule has 1 saturated carbocycles. The fraction of sp³-hybridized carbons (Fsp3) is 0.400. The molecule has 0 bridgehead atoms. The molecular formula is C15H16ClN5. The van der Waals surface area contributed by atoms with Crippen LogP contribution in [0.25, 0.3) is 0 Å². The number of nitrogens with zero attached hydrogens (tertiary/aromatic N) is 4. The van der Waals surface area contributed by atoms with Crippen molar-refractivity contribution in [2.24, 2.45) is 0 Å². The van der Waals surface area contributed by atoms with E-state index in [4.69, 9.17) is 16.9 Å². The van der Waals surface area contributed by atoms with E-state index in [0.29, 0.717) is 22.7 Å². The van der Waals surface area contributed by atoms with Crippen molar-refractivity contribution >= 4 is 17.3 Å². The molecule has 2 unspecified atom stereocenters. The standard InChI is InChI=1S/C15H16ClN5/c16-15-7-13(5-4-11(15)8-17)20-12-2-1-3-14(6-12)21-10-18-9-19-21/h4-5,7,9-10,12,14,20H,1-3,6H2. The summed E-state index contributed by atoms with van der Waals surface area (Å²) in [4.78, 5) is 4.02. The number of anilines is 1. The summed E-state index contributed by atoms with van der Waals surface area (Å²) in [5, 5.41) is 17.1. The van der Waals surface area contributed by atoms with Crippen molar-refractivity contribution in [3.8, 4) is 6.07 Å². The molecule has 1 aliphatic carbocycles. The summed E-state index contributed by atoms with van der Waals surface area (Å²) in [6, 6.07) is 8.33. The molecule has 1 heterocycles. The number of nitriles is 1. The summed E-state index contributed by atoms with van der Waals surface area (Å²) in [5.74, 6) is 0. The summed E-state index contributed by atoms with van der Waals surface area (Å²) in [7, 11) is 0. The molecule has 6 heteroatoms. The topological polar surface area (TPSA) is 66.5 Å². The molecule has 3 rings (SSSR count). The highest BCUT2D eigenvalue weighted by Gasteiger charge is 2.23. The number of nitrogens with one attached hydrogen (secondary N) is 1. The summed E-state index contributed by atoms with van der Waals surface area (Å²) in [6.45, 7) is 0. The lowest BCUT2D eigenvalue weighted by atomic mass is 9.91. The molecule has 0 amide bonds. The zero-order chi connectivity index (χ0) is 14.7. The molecule has 108 valence electrons. The Bertz CT molecular complexity index is 647. The minimum atomic E-state index is 0.386. The van der Waals surface area contributed by atoms with Gasteiger partial charge in [0.25, 0.3) is 0 Å². The zero-order valence-electron chi connectivity index (χ0n) is 11.5. The highest BCUT2D eigenvalue weighted by molar-refractivity contribution is 6.32. The Balaban J connectivity index is 1.67. The van der Waals surface area contributed by atoms with Crippen LogP contribution in [0.1, 0.15) is 37.3 Å². The molecule has 1 aromatic carbocycles. The first-order valence-corrected chi connectivity index (χ1v) is 7.44. The average Bonchev–Trinajstić information content (AvgIpc) is 3.02. The maximum Gasteiger partial charge on any atom is 0.137 e. The zero-order valence-corrected chi connectivity index (χ0v) is 12.3. The van der Waals surface area contributed by atoms with Gasteiger partial charge in [-0.2, -0.15) is 10.4 Å². The summed E-state index contributed by atoms with van der Waals surface area (Å²) in [5.41, 5.74) is 1.47. The Hall–Kier alpha value is -2.06. The summed E-state index contributed by atoms with van der Waals surface area (Å²) in [6.07, 6.45) is 7.80. The number of aromatic nitrogens is 3. The van der Waals surface area contributed by atoms with E-state index in [1.54, 1.807) is 18.7 Å².